The number of benzene rings is 6. The van der Waals surface area contributed by atoms with Gasteiger partial charge in [0.25, 0.3) is 0 Å². The third kappa shape index (κ3) is 12.6. The van der Waals surface area contributed by atoms with E-state index in [2.05, 4.69) is 27.0 Å². The highest BCUT2D eigenvalue weighted by Crippen LogP contribution is 2.39. The van der Waals surface area contributed by atoms with E-state index in [1.54, 1.807) is 22.7 Å². The monoisotopic (exact) mass is 1120 g/mol. The Morgan fingerprint density at radius 1 is 0.432 bits per heavy atom. The summed E-state index contributed by atoms with van der Waals surface area (Å²) in [6.45, 7) is 0. The molecule has 0 atom stereocenters. The quantitative estimate of drug-likeness (QED) is 0.0356. The van der Waals surface area contributed by atoms with E-state index in [0.29, 0.717) is 70.2 Å². The molecule has 1 aliphatic rings. The van der Waals surface area contributed by atoms with Gasteiger partial charge in [0.1, 0.15) is 27.8 Å². The number of amides is 4. The van der Waals surface area contributed by atoms with Crippen molar-refractivity contribution in [1.82, 2.24) is 9.97 Å². The number of anilines is 6. The lowest BCUT2D eigenvalue weighted by Crippen LogP contribution is -2.45. The molecule has 6 aromatic carbocycles. The number of rotatable bonds is 22. The predicted molar refractivity (Wildman–Crippen MR) is 329 cm³/mol. The van der Waals surface area contributed by atoms with E-state index < -0.39 is 0 Å². The fourth-order valence-electron chi connectivity index (χ4n) is 9.85. The number of hydrogen-bond donors (Lipinski definition) is 6. The molecule has 3 heterocycles. The second-order valence-corrected chi connectivity index (χ2v) is 21.5. The van der Waals surface area contributed by atoms with Crippen LogP contribution in [0, 0.1) is 5.41 Å². The van der Waals surface area contributed by atoms with Gasteiger partial charge in [-0.25, -0.2) is 14.4 Å². The number of primary amides is 4. The summed E-state index contributed by atoms with van der Waals surface area (Å²) >= 11 is 7.72. The summed E-state index contributed by atoms with van der Waals surface area (Å²) in [7, 11) is 0. The van der Waals surface area contributed by atoms with E-state index in [9.17, 15) is 24.6 Å². The van der Waals surface area contributed by atoms with Crippen molar-refractivity contribution in [2.75, 3.05) is 9.80 Å². The molecule has 1 aliphatic carbocycles. The van der Waals surface area contributed by atoms with Crippen LogP contribution < -0.4 is 43.4 Å². The van der Waals surface area contributed by atoms with Gasteiger partial charge in [-0.1, -0.05) is 84.9 Å². The number of carbonyl (C=O) groups excluding carboxylic acids is 4. The molecule has 0 saturated carbocycles. The molecule has 0 radical (unpaired) electrons. The van der Waals surface area contributed by atoms with E-state index in [0.717, 1.165) is 71.7 Å². The number of hydrogen-bond acceptors (Lipinski definition) is 13. The molecule has 404 valence electrons. The highest BCUT2D eigenvalue weighted by molar-refractivity contribution is 7.79. The maximum atomic E-state index is 11.6. The van der Waals surface area contributed by atoms with Crippen LogP contribution in [-0.2, 0) is 44.9 Å². The Hall–Kier alpha value is -9.29. The Labute approximate surface area is 481 Å². The number of nitrogens with zero attached hydrogens (tertiary/aromatic N) is 5. The van der Waals surface area contributed by atoms with Gasteiger partial charge in [-0.3, -0.25) is 24.6 Å². The molecule has 9 aromatic rings. The third-order valence-electron chi connectivity index (χ3n) is 13.9. The van der Waals surface area contributed by atoms with Gasteiger partial charge in [0.15, 0.2) is 0 Å². The Bertz CT molecular complexity index is 3820. The molecule has 0 unspecified atom stereocenters. The van der Waals surface area contributed by atoms with Gasteiger partial charge in [-0.2, -0.15) is 0 Å². The number of aryl methyl sites for hydroxylation is 4. The number of thiophene rings is 2. The molecule has 0 bridgehead atoms. The second-order valence-electron chi connectivity index (χ2n) is 19.4. The van der Waals surface area contributed by atoms with Crippen molar-refractivity contribution in [1.29, 1.82) is 5.41 Å². The Balaban J connectivity index is 1.12. The number of fused-ring (bicyclic) bond motifs is 1. The first-order valence-electron chi connectivity index (χ1n) is 26.2. The molecule has 0 spiro atoms. The van der Waals surface area contributed by atoms with Crippen LogP contribution >= 0.6 is 35.5 Å². The normalized spacial score (nSPS) is 12.6. The highest BCUT2D eigenvalue weighted by atomic mass is 32.1. The predicted octanol–water partition coefficient (Wildman–Crippen LogP) is 10.3. The van der Waals surface area contributed by atoms with Crippen molar-refractivity contribution in [2.45, 2.75) is 51.4 Å². The van der Waals surface area contributed by atoms with Gasteiger partial charge >= 0.3 is 0 Å². The Morgan fingerprint density at radius 2 is 0.716 bits per heavy atom. The van der Waals surface area contributed by atoms with Gasteiger partial charge in [0.05, 0.1) is 15.5 Å². The molecular formula is C64H56N10O4S3. The molecule has 0 fully saturated rings. The SMILES string of the molecule is N=C1C(c2ccc(N(c3ccc(CCC(N)=O)cc3)c3ccc(CCC(N)=O)cc3)cc2)=c2nc(-c3cccs3)c(-c3cccs3)nc2=C(c2ccc(N(c3ccc(CCC(N)=O)cc3)c3ccc(CCC(N)=O)cc3)cc2)/C1=N/S. The number of aromatic nitrogens is 2. The van der Waals surface area contributed by atoms with Crippen LogP contribution in [0.5, 0.6) is 0 Å². The number of nitrogens with two attached hydrogens (primary N) is 4. The van der Waals surface area contributed by atoms with Crippen molar-refractivity contribution in [2.24, 2.45) is 27.3 Å². The van der Waals surface area contributed by atoms with E-state index in [4.69, 9.17) is 32.9 Å². The standard InChI is InChI=1S/C64H56N10O4S3/c65-53(75)33-13-39-5-21-45(22-6-39)73(46-23-7-40(8-24-46)14-34-54(66)76)49-29-17-43(18-30-49)57-59(69)62(72-79)58(64-63(57)70-60(51-3-1-37-80-51)61(71-64)52-4-2-38-81-52)44-19-31-50(32-20-44)74(47-25-9-41(10-26-47)15-35-55(67)77)48-27-11-42(12-28-48)16-36-56(68)78/h1-12,17-32,37-38,69,79H,13-16,33-36H2,(H2,65,75)(H2,66,76)(H2,67,77)(H2,68,78)/b69-59?,72-62-. The van der Waals surface area contributed by atoms with Gasteiger partial charge < -0.3 is 32.7 Å². The first kappa shape index (κ1) is 55.0. The van der Waals surface area contributed by atoms with Crippen molar-refractivity contribution < 1.29 is 19.2 Å². The topological polar surface area (TPSA) is 241 Å². The number of thiol groups is 1. The Morgan fingerprint density at radius 3 is 0.988 bits per heavy atom. The maximum absolute atomic E-state index is 11.6. The van der Waals surface area contributed by atoms with Crippen molar-refractivity contribution in [3.8, 4) is 21.1 Å². The fourth-order valence-corrected chi connectivity index (χ4v) is 11.5. The van der Waals surface area contributed by atoms with Crippen LogP contribution in [0.25, 0.3) is 32.3 Å². The smallest absolute Gasteiger partial charge is 0.217 e. The van der Waals surface area contributed by atoms with Gasteiger partial charge in [-0.05, 0) is 168 Å². The highest BCUT2D eigenvalue weighted by Gasteiger charge is 2.30. The maximum Gasteiger partial charge on any atom is 0.217 e. The van der Waals surface area contributed by atoms with Crippen molar-refractivity contribution in [3.63, 3.8) is 0 Å². The zero-order valence-electron chi connectivity index (χ0n) is 43.9. The fraction of sp³-hybridized carbons (Fsp3) is 0.125. The van der Waals surface area contributed by atoms with Crippen LogP contribution in [0.4, 0.5) is 34.1 Å². The molecule has 14 nitrogen and oxygen atoms in total. The summed E-state index contributed by atoms with van der Waals surface area (Å²) in [5.74, 6) is -1.45. The second kappa shape index (κ2) is 24.8. The first-order valence-corrected chi connectivity index (χ1v) is 28.3. The van der Waals surface area contributed by atoms with Gasteiger partial charge in [-0.15, -0.1) is 22.7 Å². The molecule has 9 N–H and O–H groups in total. The summed E-state index contributed by atoms with van der Waals surface area (Å²) in [6.07, 6.45) is 3.05. The molecule has 17 heteroatoms. The van der Waals surface area contributed by atoms with E-state index in [1.807, 2.05) is 181 Å². The minimum atomic E-state index is -0.362. The average molecular weight is 1130 g/mol. The van der Waals surface area contributed by atoms with E-state index >= 15 is 0 Å². The molecule has 4 amide bonds. The summed E-state index contributed by atoms with van der Waals surface area (Å²) in [5, 5.41) is 15.2. The van der Waals surface area contributed by atoms with Crippen LogP contribution in [0.3, 0.4) is 0 Å². The minimum absolute atomic E-state index is 0.115. The summed E-state index contributed by atoms with van der Waals surface area (Å²) < 4.78 is 4.57. The lowest BCUT2D eigenvalue weighted by atomic mass is 9.86. The lowest BCUT2D eigenvalue weighted by Gasteiger charge is -2.27. The molecule has 0 saturated heterocycles. The summed E-state index contributed by atoms with van der Waals surface area (Å²) in [4.78, 5) is 63.7. The average Bonchev–Trinajstić information content (AvgIpc) is 4.26. The van der Waals surface area contributed by atoms with Crippen LogP contribution in [-0.4, -0.2) is 45.0 Å². The van der Waals surface area contributed by atoms with Crippen molar-refractivity contribution in [3.05, 3.63) is 225 Å². The first-order chi connectivity index (χ1) is 39.3. The molecular weight excluding hydrogens is 1070 g/mol. The third-order valence-corrected chi connectivity index (χ3v) is 15.9. The van der Waals surface area contributed by atoms with Gasteiger partial charge in [0.2, 0.25) is 23.6 Å². The van der Waals surface area contributed by atoms with Crippen LogP contribution in [0.15, 0.2) is 185 Å². The van der Waals surface area contributed by atoms with Crippen LogP contribution in [0.1, 0.15) is 59.1 Å². The largest absolute Gasteiger partial charge is 0.370 e. The molecule has 0 aliphatic heterocycles. The number of carbonyl (C=O) groups is 4. The molecule has 81 heavy (non-hydrogen) atoms. The number of nitrogens with one attached hydrogen (secondary N) is 1. The summed E-state index contributed by atoms with van der Waals surface area (Å²) in [5.41, 5.74) is 35.4. The molecule has 10 rings (SSSR count). The van der Waals surface area contributed by atoms with E-state index in [1.165, 1.54) is 0 Å². The van der Waals surface area contributed by atoms with Crippen LogP contribution in [0.2, 0.25) is 0 Å². The summed E-state index contributed by atoms with van der Waals surface area (Å²) in [6, 6.07) is 56.1. The zero-order valence-corrected chi connectivity index (χ0v) is 46.4. The minimum Gasteiger partial charge on any atom is -0.370 e. The lowest BCUT2D eigenvalue weighted by molar-refractivity contribution is -0.118. The zero-order chi connectivity index (χ0) is 56.6. The molecule has 3 aromatic heterocycles. The van der Waals surface area contributed by atoms with Crippen molar-refractivity contribution >= 4 is 116 Å². The Kier molecular flexibility index (Phi) is 16.9. The van der Waals surface area contributed by atoms with Gasteiger partial charge in [0, 0.05) is 71.0 Å². The van der Waals surface area contributed by atoms with E-state index in [-0.39, 0.29) is 55.0 Å².